The van der Waals surface area contributed by atoms with Crippen molar-refractivity contribution in [1.82, 2.24) is 0 Å². The van der Waals surface area contributed by atoms with Crippen molar-refractivity contribution < 1.29 is 9.13 Å². The summed E-state index contributed by atoms with van der Waals surface area (Å²) in [7, 11) is 1.64. The second kappa shape index (κ2) is 5.74. The predicted molar refractivity (Wildman–Crippen MR) is 79.6 cm³/mol. The van der Waals surface area contributed by atoms with Crippen LogP contribution in [0.25, 0.3) is 0 Å². The van der Waals surface area contributed by atoms with Gasteiger partial charge in [-0.2, -0.15) is 0 Å². The van der Waals surface area contributed by atoms with Gasteiger partial charge >= 0.3 is 0 Å². The van der Waals surface area contributed by atoms with E-state index in [0.717, 1.165) is 22.4 Å². The zero-order valence-electron chi connectivity index (χ0n) is 11.2. The van der Waals surface area contributed by atoms with E-state index < -0.39 is 0 Å². The van der Waals surface area contributed by atoms with Gasteiger partial charge in [-0.1, -0.05) is 45.8 Å². The summed E-state index contributed by atoms with van der Waals surface area (Å²) in [5.41, 5.74) is 3.69. The number of halogens is 2. The Labute approximate surface area is 121 Å². The third-order valence-electron chi connectivity index (χ3n) is 3.15. The molecule has 0 amide bonds. The van der Waals surface area contributed by atoms with Crippen LogP contribution in [0.4, 0.5) is 4.39 Å². The van der Waals surface area contributed by atoms with Crippen LogP contribution in [0.1, 0.15) is 27.1 Å². The number of hydrogen-bond donors (Lipinski definition) is 0. The maximum absolute atomic E-state index is 13.7. The Morgan fingerprint density at radius 3 is 2.47 bits per heavy atom. The third kappa shape index (κ3) is 2.98. The minimum atomic E-state index is -0.187. The topological polar surface area (TPSA) is 9.23 Å². The number of methoxy groups -OCH3 is 1. The quantitative estimate of drug-likeness (QED) is 0.727. The Hall–Kier alpha value is -1.35. The molecule has 2 rings (SSSR count). The molecular formula is C16H16BrFO. The normalized spacial score (nSPS) is 12.3. The highest BCUT2D eigenvalue weighted by molar-refractivity contribution is 9.09. The largest absolute Gasteiger partial charge is 0.496 e. The van der Waals surface area contributed by atoms with Crippen LogP contribution in [0.5, 0.6) is 5.75 Å². The molecule has 0 aliphatic rings. The summed E-state index contributed by atoms with van der Waals surface area (Å²) in [6.45, 7) is 3.79. The highest BCUT2D eigenvalue weighted by Crippen LogP contribution is 2.37. The van der Waals surface area contributed by atoms with Gasteiger partial charge in [-0.15, -0.1) is 0 Å². The lowest BCUT2D eigenvalue weighted by Crippen LogP contribution is -1.99. The smallest absolute Gasteiger partial charge is 0.126 e. The molecule has 0 radical (unpaired) electrons. The van der Waals surface area contributed by atoms with Crippen molar-refractivity contribution in [2.75, 3.05) is 7.11 Å². The second-order valence-corrected chi connectivity index (χ2v) is 5.53. The Bertz CT molecular complexity index is 595. The summed E-state index contributed by atoms with van der Waals surface area (Å²) in [5.74, 6) is 0.613. The van der Waals surface area contributed by atoms with E-state index in [1.807, 2.05) is 25.1 Å². The van der Waals surface area contributed by atoms with Crippen LogP contribution >= 0.6 is 15.9 Å². The standard InChI is InChI=1S/C16H16BrFO/c1-10-4-7-15(19-3)13(8-10)16(17)12-6-5-11(2)14(18)9-12/h4-9,16H,1-3H3. The first-order chi connectivity index (χ1) is 9.02. The van der Waals surface area contributed by atoms with Crippen LogP contribution in [0.2, 0.25) is 0 Å². The summed E-state index contributed by atoms with van der Waals surface area (Å²) in [4.78, 5) is -0.0857. The van der Waals surface area contributed by atoms with Gasteiger partial charge in [0.2, 0.25) is 0 Å². The summed E-state index contributed by atoms with van der Waals surface area (Å²) in [6.07, 6.45) is 0. The monoisotopic (exact) mass is 322 g/mol. The van der Waals surface area contributed by atoms with Crippen LogP contribution in [-0.4, -0.2) is 7.11 Å². The maximum Gasteiger partial charge on any atom is 0.126 e. The molecule has 0 heterocycles. The Kier molecular flexibility index (Phi) is 4.25. The molecule has 0 bridgehead atoms. The van der Waals surface area contributed by atoms with Gasteiger partial charge in [0, 0.05) is 5.56 Å². The van der Waals surface area contributed by atoms with Gasteiger partial charge in [0.25, 0.3) is 0 Å². The summed E-state index contributed by atoms with van der Waals surface area (Å²) < 4.78 is 19.0. The molecule has 0 aliphatic heterocycles. The Morgan fingerprint density at radius 1 is 1.11 bits per heavy atom. The first kappa shape index (κ1) is 14.1. The van der Waals surface area contributed by atoms with Crippen molar-refractivity contribution in [3.8, 4) is 5.75 Å². The number of rotatable bonds is 3. The highest BCUT2D eigenvalue weighted by atomic mass is 79.9. The van der Waals surface area contributed by atoms with Gasteiger partial charge in [-0.25, -0.2) is 4.39 Å². The van der Waals surface area contributed by atoms with Gasteiger partial charge in [0.05, 0.1) is 11.9 Å². The van der Waals surface area contributed by atoms with E-state index in [0.29, 0.717) is 5.56 Å². The molecule has 0 aromatic heterocycles. The minimum Gasteiger partial charge on any atom is -0.496 e. The Balaban J connectivity index is 2.45. The second-order valence-electron chi connectivity index (χ2n) is 4.62. The van der Waals surface area contributed by atoms with Crippen LogP contribution in [-0.2, 0) is 0 Å². The van der Waals surface area contributed by atoms with E-state index >= 15 is 0 Å². The number of hydrogen-bond acceptors (Lipinski definition) is 1. The molecule has 0 aliphatic carbocycles. The van der Waals surface area contributed by atoms with Gasteiger partial charge in [-0.3, -0.25) is 0 Å². The summed E-state index contributed by atoms with van der Waals surface area (Å²) in [6, 6.07) is 11.3. The molecule has 0 saturated carbocycles. The molecule has 0 saturated heterocycles. The molecule has 2 aromatic rings. The van der Waals surface area contributed by atoms with E-state index in [2.05, 4.69) is 22.0 Å². The predicted octanol–water partition coefficient (Wildman–Crippen LogP) is 4.94. The van der Waals surface area contributed by atoms with Gasteiger partial charge in [0.15, 0.2) is 0 Å². The first-order valence-corrected chi connectivity index (χ1v) is 6.99. The van der Waals surface area contributed by atoms with Crippen molar-refractivity contribution in [1.29, 1.82) is 0 Å². The van der Waals surface area contributed by atoms with Crippen LogP contribution in [0.3, 0.4) is 0 Å². The van der Waals surface area contributed by atoms with E-state index in [4.69, 9.17) is 4.74 Å². The van der Waals surface area contributed by atoms with Crippen molar-refractivity contribution in [3.63, 3.8) is 0 Å². The fourth-order valence-corrected chi connectivity index (χ4v) is 2.64. The zero-order valence-corrected chi connectivity index (χ0v) is 12.8. The van der Waals surface area contributed by atoms with Crippen molar-refractivity contribution in [3.05, 3.63) is 64.5 Å². The zero-order chi connectivity index (χ0) is 14.0. The lowest BCUT2D eigenvalue weighted by atomic mass is 10.0. The average molecular weight is 323 g/mol. The number of ether oxygens (including phenoxy) is 1. The fourth-order valence-electron chi connectivity index (χ4n) is 2.00. The molecule has 0 N–H and O–H groups in total. The van der Waals surface area contributed by atoms with Crippen molar-refractivity contribution in [2.24, 2.45) is 0 Å². The van der Waals surface area contributed by atoms with E-state index in [1.165, 1.54) is 0 Å². The summed E-state index contributed by atoms with van der Waals surface area (Å²) in [5, 5.41) is 0. The van der Waals surface area contributed by atoms with E-state index in [1.54, 1.807) is 26.2 Å². The minimum absolute atomic E-state index is 0.0857. The van der Waals surface area contributed by atoms with Gasteiger partial charge in [0.1, 0.15) is 11.6 Å². The number of aryl methyl sites for hydroxylation is 2. The van der Waals surface area contributed by atoms with Crippen molar-refractivity contribution >= 4 is 15.9 Å². The summed E-state index contributed by atoms with van der Waals surface area (Å²) >= 11 is 3.63. The fraction of sp³-hybridized carbons (Fsp3) is 0.250. The molecule has 19 heavy (non-hydrogen) atoms. The molecule has 100 valence electrons. The lowest BCUT2D eigenvalue weighted by Gasteiger charge is -2.16. The molecule has 3 heteroatoms. The third-order valence-corrected chi connectivity index (χ3v) is 4.17. The SMILES string of the molecule is COc1ccc(C)cc1C(Br)c1ccc(C)c(F)c1. The Morgan fingerprint density at radius 2 is 1.84 bits per heavy atom. The van der Waals surface area contributed by atoms with Gasteiger partial charge < -0.3 is 4.74 Å². The first-order valence-electron chi connectivity index (χ1n) is 6.07. The van der Waals surface area contributed by atoms with Crippen LogP contribution in [0.15, 0.2) is 36.4 Å². The highest BCUT2D eigenvalue weighted by Gasteiger charge is 2.16. The maximum atomic E-state index is 13.7. The van der Waals surface area contributed by atoms with E-state index in [9.17, 15) is 4.39 Å². The molecule has 1 atom stereocenters. The molecule has 1 nitrogen and oxygen atoms in total. The molecule has 2 aromatic carbocycles. The molecule has 1 unspecified atom stereocenters. The van der Waals surface area contributed by atoms with Gasteiger partial charge in [-0.05, 0) is 37.1 Å². The van der Waals surface area contributed by atoms with Crippen LogP contribution in [0, 0.1) is 19.7 Å². The number of benzene rings is 2. The average Bonchev–Trinajstić information content (AvgIpc) is 2.41. The molecule has 0 spiro atoms. The lowest BCUT2D eigenvalue weighted by molar-refractivity contribution is 0.410. The number of alkyl halides is 1. The molecular weight excluding hydrogens is 307 g/mol. The van der Waals surface area contributed by atoms with Crippen LogP contribution < -0.4 is 4.74 Å². The van der Waals surface area contributed by atoms with Crippen molar-refractivity contribution in [2.45, 2.75) is 18.7 Å². The molecule has 0 fully saturated rings. The van der Waals surface area contributed by atoms with E-state index in [-0.39, 0.29) is 10.6 Å².